The molecule has 0 aromatic rings. The molecule has 0 saturated carbocycles. The van der Waals surface area contributed by atoms with Gasteiger partial charge in [-0.25, -0.2) is 0 Å². The first kappa shape index (κ1) is 10.3. The maximum Gasteiger partial charge on any atom is 0.240 e. The van der Waals surface area contributed by atoms with Gasteiger partial charge in [0.1, 0.15) is 0 Å². The van der Waals surface area contributed by atoms with E-state index in [1.165, 1.54) is 11.5 Å². The van der Waals surface area contributed by atoms with Gasteiger partial charge in [0.15, 0.2) is 0 Å². The highest BCUT2D eigenvalue weighted by molar-refractivity contribution is 7.99. The summed E-state index contributed by atoms with van der Waals surface area (Å²) < 4.78 is 0. The first-order valence-corrected chi connectivity index (χ1v) is 6.51. The summed E-state index contributed by atoms with van der Waals surface area (Å²) >= 11 is 2.00. The molecule has 0 aromatic carbocycles. The van der Waals surface area contributed by atoms with E-state index >= 15 is 0 Å². The van der Waals surface area contributed by atoms with E-state index in [0.29, 0.717) is 6.04 Å². The zero-order valence-electron chi connectivity index (χ0n) is 8.82. The molecule has 0 spiro atoms. The van der Waals surface area contributed by atoms with Crippen molar-refractivity contribution in [1.29, 1.82) is 0 Å². The SMILES string of the molecule is CC1NC(C)N(C2CCSCC2)C1=O. The molecule has 1 N–H and O–H groups in total. The summed E-state index contributed by atoms with van der Waals surface area (Å²) in [5.74, 6) is 2.69. The number of amides is 1. The van der Waals surface area contributed by atoms with Gasteiger partial charge in [-0.1, -0.05) is 0 Å². The maximum absolute atomic E-state index is 11.9. The number of carbonyl (C=O) groups excluding carboxylic acids is 1. The van der Waals surface area contributed by atoms with Gasteiger partial charge in [0.05, 0.1) is 12.2 Å². The third-order valence-corrected chi connectivity index (χ3v) is 4.17. The first-order valence-electron chi connectivity index (χ1n) is 5.36. The van der Waals surface area contributed by atoms with Gasteiger partial charge in [0.2, 0.25) is 5.91 Å². The Labute approximate surface area is 89.6 Å². The van der Waals surface area contributed by atoms with E-state index in [4.69, 9.17) is 0 Å². The molecule has 4 heteroatoms. The van der Waals surface area contributed by atoms with Crippen LogP contribution in [0.3, 0.4) is 0 Å². The zero-order chi connectivity index (χ0) is 10.1. The van der Waals surface area contributed by atoms with Gasteiger partial charge in [-0.05, 0) is 38.2 Å². The predicted molar refractivity (Wildman–Crippen MR) is 59.3 cm³/mol. The highest BCUT2D eigenvalue weighted by atomic mass is 32.2. The molecule has 2 unspecified atom stereocenters. The quantitative estimate of drug-likeness (QED) is 0.708. The third-order valence-electron chi connectivity index (χ3n) is 3.12. The highest BCUT2D eigenvalue weighted by Gasteiger charge is 2.38. The van der Waals surface area contributed by atoms with Crippen molar-refractivity contribution in [2.75, 3.05) is 11.5 Å². The second-order valence-corrected chi connectivity index (χ2v) is 5.38. The molecule has 2 rings (SSSR count). The van der Waals surface area contributed by atoms with Crippen molar-refractivity contribution in [3.63, 3.8) is 0 Å². The summed E-state index contributed by atoms with van der Waals surface area (Å²) in [6, 6.07) is 0.496. The first-order chi connectivity index (χ1) is 6.70. The standard InChI is InChI=1S/C10H18N2OS/c1-7-10(13)12(8(2)11-7)9-3-5-14-6-4-9/h7-9,11H,3-6H2,1-2H3. The Morgan fingerprint density at radius 2 is 2.00 bits per heavy atom. The van der Waals surface area contributed by atoms with Crippen LogP contribution in [0.4, 0.5) is 0 Å². The van der Waals surface area contributed by atoms with E-state index in [1.807, 2.05) is 18.7 Å². The lowest BCUT2D eigenvalue weighted by molar-refractivity contribution is -0.131. The molecule has 2 saturated heterocycles. The van der Waals surface area contributed by atoms with Crippen LogP contribution >= 0.6 is 11.8 Å². The molecular weight excluding hydrogens is 196 g/mol. The summed E-state index contributed by atoms with van der Waals surface area (Å²) in [7, 11) is 0. The average Bonchev–Trinajstić information content (AvgIpc) is 2.43. The molecule has 2 heterocycles. The van der Waals surface area contributed by atoms with Crippen molar-refractivity contribution in [1.82, 2.24) is 10.2 Å². The topological polar surface area (TPSA) is 32.3 Å². The number of nitrogens with one attached hydrogen (secondary N) is 1. The van der Waals surface area contributed by atoms with Crippen LogP contribution < -0.4 is 5.32 Å². The largest absolute Gasteiger partial charge is 0.323 e. The Kier molecular flexibility index (Phi) is 3.02. The van der Waals surface area contributed by atoms with Gasteiger partial charge in [0.25, 0.3) is 0 Å². The second kappa shape index (κ2) is 4.11. The predicted octanol–water partition coefficient (Wildman–Crippen LogP) is 1.05. The maximum atomic E-state index is 11.9. The van der Waals surface area contributed by atoms with Gasteiger partial charge >= 0.3 is 0 Å². The minimum Gasteiger partial charge on any atom is -0.323 e. The average molecular weight is 214 g/mol. The fourth-order valence-corrected chi connectivity index (χ4v) is 3.47. The molecule has 2 atom stereocenters. The lowest BCUT2D eigenvalue weighted by Crippen LogP contribution is -2.44. The molecule has 1 amide bonds. The molecule has 0 aliphatic carbocycles. The number of hydrogen-bond acceptors (Lipinski definition) is 3. The van der Waals surface area contributed by atoms with E-state index in [1.54, 1.807) is 0 Å². The van der Waals surface area contributed by atoms with Crippen molar-refractivity contribution < 1.29 is 4.79 Å². The lowest BCUT2D eigenvalue weighted by atomic mass is 10.1. The highest BCUT2D eigenvalue weighted by Crippen LogP contribution is 2.25. The third kappa shape index (κ3) is 1.77. The minimum atomic E-state index is 0.0135. The lowest BCUT2D eigenvalue weighted by Gasteiger charge is -2.33. The Morgan fingerprint density at radius 3 is 2.50 bits per heavy atom. The smallest absolute Gasteiger partial charge is 0.240 e. The van der Waals surface area contributed by atoms with Gasteiger partial charge in [-0.2, -0.15) is 11.8 Å². The van der Waals surface area contributed by atoms with E-state index < -0.39 is 0 Å². The Balaban J connectivity index is 2.04. The van der Waals surface area contributed by atoms with Crippen LogP contribution in [0, 0.1) is 0 Å². The fourth-order valence-electron chi connectivity index (χ4n) is 2.39. The summed E-state index contributed by atoms with van der Waals surface area (Å²) in [5, 5.41) is 3.28. The molecule has 0 radical (unpaired) electrons. The minimum absolute atomic E-state index is 0.0135. The van der Waals surface area contributed by atoms with E-state index in [0.717, 1.165) is 12.8 Å². The summed E-state index contributed by atoms with van der Waals surface area (Å²) in [6.45, 7) is 4.04. The number of hydrogen-bond donors (Lipinski definition) is 1. The summed E-state index contributed by atoms with van der Waals surface area (Å²) in [5.41, 5.74) is 0. The number of carbonyl (C=O) groups is 1. The number of rotatable bonds is 1. The van der Waals surface area contributed by atoms with Crippen molar-refractivity contribution in [2.45, 2.75) is 44.9 Å². The van der Waals surface area contributed by atoms with Gasteiger partial charge in [-0.3, -0.25) is 10.1 Å². The van der Waals surface area contributed by atoms with Gasteiger partial charge < -0.3 is 4.90 Å². The molecule has 2 aliphatic heterocycles. The van der Waals surface area contributed by atoms with Crippen molar-refractivity contribution in [2.24, 2.45) is 0 Å². The van der Waals surface area contributed by atoms with Gasteiger partial charge in [0, 0.05) is 6.04 Å². The second-order valence-electron chi connectivity index (χ2n) is 4.15. The Bertz CT molecular complexity index is 228. The van der Waals surface area contributed by atoms with E-state index in [2.05, 4.69) is 17.1 Å². The van der Waals surface area contributed by atoms with Crippen LogP contribution in [0.1, 0.15) is 26.7 Å². The molecule has 2 fully saturated rings. The number of thioether (sulfide) groups is 1. The Hall–Kier alpha value is -0.220. The van der Waals surface area contributed by atoms with Crippen LogP contribution in [-0.4, -0.2) is 40.6 Å². The zero-order valence-corrected chi connectivity index (χ0v) is 9.64. The van der Waals surface area contributed by atoms with Crippen LogP contribution in [0.15, 0.2) is 0 Å². The van der Waals surface area contributed by atoms with E-state index in [-0.39, 0.29) is 18.1 Å². The van der Waals surface area contributed by atoms with Gasteiger partial charge in [-0.15, -0.1) is 0 Å². The normalized spacial score (nSPS) is 35.3. The molecule has 0 bridgehead atoms. The van der Waals surface area contributed by atoms with Crippen LogP contribution in [0.25, 0.3) is 0 Å². The monoisotopic (exact) mass is 214 g/mol. The van der Waals surface area contributed by atoms with Crippen LogP contribution in [0.2, 0.25) is 0 Å². The molecule has 80 valence electrons. The summed E-state index contributed by atoms with van der Waals surface area (Å²) in [4.78, 5) is 13.9. The van der Waals surface area contributed by atoms with Crippen LogP contribution in [0.5, 0.6) is 0 Å². The van der Waals surface area contributed by atoms with Crippen molar-refractivity contribution >= 4 is 17.7 Å². The van der Waals surface area contributed by atoms with E-state index in [9.17, 15) is 4.79 Å². The molecule has 14 heavy (non-hydrogen) atoms. The van der Waals surface area contributed by atoms with Crippen molar-refractivity contribution in [3.05, 3.63) is 0 Å². The summed E-state index contributed by atoms with van der Waals surface area (Å²) in [6.07, 6.45) is 2.55. The molecule has 0 aromatic heterocycles. The Morgan fingerprint density at radius 1 is 1.36 bits per heavy atom. The molecule has 2 aliphatic rings. The number of nitrogens with zero attached hydrogens (tertiary/aromatic N) is 1. The molecule has 3 nitrogen and oxygen atoms in total. The fraction of sp³-hybridized carbons (Fsp3) is 0.900. The molecular formula is C10H18N2OS. The van der Waals surface area contributed by atoms with Crippen molar-refractivity contribution in [3.8, 4) is 0 Å². The van der Waals surface area contributed by atoms with Crippen LogP contribution in [-0.2, 0) is 4.79 Å².